The summed E-state index contributed by atoms with van der Waals surface area (Å²) in [5.41, 5.74) is 6.08. The highest BCUT2D eigenvalue weighted by Crippen LogP contribution is 2.07. The number of hydrogen-bond acceptors (Lipinski definition) is 2. The molecule has 4 heteroatoms. The predicted molar refractivity (Wildman–Crippen MR) is 44.5 cm³/mol. The molecule has 0 unspecified atom stereocenters. The molecule has 11 heavy (non-hydrogen) atoms. The maximum atomic E-state index is 9.35. The van der Waals surface area contributed by atoms with E-state index in [2.05, 4.69) is 23.7 Å². The van der Waals surface area contributed by atoms with Crippen molar-refractivity contribution in [2.24, 2.45) is 11.6 Å². The second-order valence-electron chi connectivity index (χ2n) is 2.26. The molecule has 0 aromatic carbocycles. The molecule has 2 amide bonds. The van der Waals surface area contributed by atoms with Gasteiger partial charge in [-0.2, -0.15) is 0 Å². The zero-order valence-corrected chi connectivity index (χ0v) is 6.55. The van der Waals surface area contributed by atoms with Crippen LogP contribution < -0.4 is 17.0 Å². The number of primary amides is 1. The molecule has 1 rings (SSSR count). The van der Waals surface area contributed by atoms with E-state index in [0.717, 1.165) is 0 Å². The van der Waals surface area contributed by atoms with Crippen LogP contribution in [0.4, 0.5) is 4.79 Å². The Morgan fingerprint density at radius 3 is 1.73 bits per heavy atom. The standard InChI is InChI=1S/C6H10.CH5N3O/c1-2-4-6-5-3-1;2-1(5)4-3/h1-2H,3-6H2;3H2,(H3,2,4,5). The molecule has 1 aliphatic carbocycles. The van der Waals surface area contributed by atoms with Gasteiger partial charge in [-0.25, -0.2) is 10.6 Å². The van der Waals surface area contributed by atoms with Crippen molar-refractivity contribution in [3.05, 3.63) is 12.2 Å². The van der Waals surface area contributed by atoms with Crippen molar-refractivity contribution >= 4 is 6.03 Å². The smallest absolute Gasteiger partial charge is 0.326 e. The minimum absolute atomic E-state index is 0.718. The number of allylic oxidation sites excluding steroid dienone is 2. The van der Waals surface area contributed by atoms with Gasteiger partial charge in [0.05, 0.1) is 0 Å². The van der Waals surface area contributed by atoms with Gasteiger partial charge in [-0.15, -0.1) is 0 Å². The second kappa shape index (κ2) is 7.08. The molecule has 0 saturated carbocycles. The quantitative estimate of drug-likeness (QED) is 0.209. The Balaban J connectivity index is 0.000000187. The van der Waals surface area contributed by atoms with E-state index in [-0.39, 0.29) is 0 Å². The Labute approximate surface area is 66.6 Å². The van der Waals surface area contributed by atoms with Crippen LogP contribution in [0.3, 0.4) is 0 Å². The van der Waals surface area contributed by atoms with Crippen molar-refractivity contribution in [2.45, 2.75) is 25.7 Å². The summed E-state index contributed by atoms with van der Waals surface area (Å²) in [5.74, 6) is 4.45. The van der Waals surface area contributed by atoms with Crippen LogP contribution in [0, 0.1) is 0 Å². The summed E-state index contributed by atoms with van der Waals surface area (Å²) in [6.45, 7) is 0. The molecule has 0 aromatic rings. The number of nitrogens with one attached hydrogen (secondary N) is 1. The topological polar surface area (TPSA) is 81.1 Å². The molecule has 0 fully saturated rings. The number of nitrogens with two attached hydrogens (primary N) is 2. The van der Waals surface area contributed by atoms with Crippen LogP contribution in [0.15, 0.2) is 12.2 Å². The maximum absolute atomic E-state index is 9.35. The summed E-state index contributed by atoms with van der Waals surface area (Å²) in [4.78, 5) is 9.35. The zero-order valence-electron chi connectivity index (χ0n) is 6.55. The molecule has 0 bridgehead atoms. The first kappa shape index (κ1) is 9.97. The molecule has 1 aliphatic rings. The molecule has 0 aliphatic heterocycles. The Morgan fingerprint density at radius 2 is 1.64 bits per heavy atom. The van der Waals surface area contributed by atoms with E-state index in [0.29, 0.717) is 0 Å². The highest BCUT2D eigenvalue weighted by Gasteiger charge is 1.87. The number of hydrogen-bond donors (Lipinski definition) is 3. The van der Waals surface area contributed by atoms with Crippen molar-refractivity contribution in [1.82, 2.24) is 5.43 Å². The fourth-order valence-corrected chi connectivity index (χ4v) is 0.760. The average Bonchev–Trinajstić information content (AvgIpc) is 2.09. The third-order valence-electron chi connectivity index (χ3n) is 1.30. The lowest BCUT2D eigenvalue weighted by Crippen LogP contribution is -2.34. The predicted octanol–water partition coefficient (Wildman–Crippen LogP) is 0.645. The lowest BCUT2D eigenvalue weighted by molar-refractivity contribution is 0.249. The number of carbonyl (C=O) groups excluding carboxylic acids is 1. The second-order valence-corrected chi connectivity index (χ2v) is 2.26. The van der Waals surface area contributed by atoms with E-state index >= 15 is 0 Å². The lowest BCUT2D eigenvalue weighted by atomic mass is 10.1. The molecule has 0 atom stereocenters. The summed E-state index contributed by atoms with van der Waals surface area (Å²) in [5, 5.41) is 0. The van der Waals surface area contributed by atoms with E-state index in [1.54, 1.807) is 5.43 Å². The van der Waals surface area contributed by atoms with E-state index in [1.165, 1.54) is 25.7 Å². The first-order chi connectivity index (χ1) is 5.27. The Kier molecular flexibility index (Phi) is 6.42. The molecule has 0 heterocycles. The monoisotopic (exact) mass is 157 g/mol. The summed E-state index contributed by atoms with van der Waals surface area (Å²) < 4.78 is 0. The minimum Gasteiger partial charge on any atom is -0.351 e. The van der Waals surface area contributed by atoms with Gasteiger partial charge in [0.1, 0.15) is 0 Å². The van der Waals surface area contributed by atoms with Gasteiger partial charge in [-0.3, -0.25) is 5.43 Å². The summed E-state index contributed by atoms with van der Waals surface area (Å²) in [6.07, 6.45) is 10.0. The van der Waals surface area contributed by atoms with Crippen molar-refractivity contribution in [3.63, 3.8) is 0 Å². The Hall–Kier alpha value is -1.03. The number of hydrazine groups is 1. The van der Waals surface area contributed by atoms with Crippen LogP contribution in [-0.4, -0.2) is 6.03 Å². The average molecular weight is 157 g/mol. The van der Waals surface area contributed by atoms with E-state index in [9.17, 15) is 4.79 Å². The number of carbonyl (C=O) groups is 1. The highest BCUT2D eigenvalue weighted by molar-refractivity contribution is 5.70. The fourth-order valence-electron chi connectivity index (χ4n) is 0.760. The van der Waals surface area contributed by atoms with Crippen molar-refractivity contribution in [3.8, 4) is 0 Å². The fraction of sp³-hybridized carbons (Fsp3) is 0.571. The number of urea groups is 1. The van der Waals surface area contributed by atoms with Gasteiger partial charge in [0, 0.05) is 0 Å². The van der Waals surface area contributed by atoms with Crippen molar-refractivity contribution in [1.29, 1.82) is 0 Å². The van der Waals surface area contributed by atoms with Crippen LogP contribution >= 0.6 is 0 Å². The van der Waals surface area contributed by atoms with Crippen LogP contribution in [0.5, 0.6) is 0 Å². The minimum atomic E-state index is -0.718. The molecule has 0 saturated heterocycles. The SMILES string of the molecule is C1=CCCCC1.NNC(N)=O. The molecule has 0 aromatic heterocycles. The number of rotatable bonds is 0. The van der Waals surface area contributed by atoms with Crippen molar-refractivity contribution < 1.29 is 4.79 Å². The summed E-state index contributed by atoms with van der Waals surface area (Å²) in [6, 6.07) is -0.718. The maximum Gasteiger partial charge on any atom is 0.326 e. The van der Waals surface area contributed by atoms with E-state index in [1.807, 2.05) is 0 Å². The first-order valence-electron chi connectivity index (χ1n) is 3.68. The number of amides is 2. The van der Waals surface area contributed by atoms with Crippen LogP contribution in [0.2, 0.25) is 0 Å². The normalized spacial score (nSPS) is 14.6. The molecule has 0 radical (unpaired) electrons. The van der Waals surface area contributed by atoms with Crippen LogP contribution in [0.25, 0.3) is 0 Å². The third-order valence-corrected chi connectivity index (χ3v) is 1.30. The Bertz CT molecular complexity index is 126. The zero-order chi connectivity index (χ0) is 8.53. The van der Waals surface area contributed by atoms with Gasteiger partial charge in [-0.05, 0) is 25.7 Å². The summed E-state index contributed by atoms with van der Waals surface area (Å²) in [7, 11) is 0. The molecular formula is C7H15N3O. The summed E-state index contributed by atoms with van der Waals surface area (Å²) >= 11 is 0. The van der Waals surface area contributed by atoms with Gasteiger partial charge in [0.2, 0.25) is 0 Å². The lowest BCUT2D eigenvalue weighted by Gasteiger charge is -1.97. The van der Waals surface area contributed by atoms with Crippen LogP contribution in [-0.2, 0) is 0 Å². The van der Waals surface area contributed by atoms with E-state index in [4.69, 9.17) is 0 Å². The molecular weight excluding hydrogens is 142 g/mol. The van der Waals surface area contributed by atoms with E-state index < -0.39 is 6.03 Å². The van der Waals surface area contributed by atoms with Gasteiger partial charge in [0.15, 0.2) is 0 Å². The van der Waals surface area contributed by atoms with Gasteiger partial charge in [0.25, 0.3) is 0 Å². The van der Waals surface area contributed by atoms with Gasteiger partial charge >= 0.3 is 6.03 Å². The Morgan fingerprint density at radius 1 is 1.27 bits per heavy atom. The first-order valence-corrected chi connectivity index (χ1v) is 3.68. The molecule has 0 spiro atoms. The third kappa shape index (κ3) is 8.97. The largest absolute Gasteiger partial charge is 0.351 e. The van der Waals surface area contributed by atoms with Crippen LogP contribution in [0.1, 0.15) is 25.7 Å². The van der Waals surface area contributed by atoms with Gasteiger partial charge < -0.3 is 5.73 Å². The molecule has 5 N–H and O–H groups in total. The molecule has 4 nitrogen and oxygen atoms in total. The van der Waals surface area contributed by atoms with Crippen molar-refractivity contribution in [2.75, 3.05) is 0 Å². The highest BCUT2D eigenvalue weighted by atomic mass is 16.2. The van der Waals surface area contributed by atoms with Gasteiger partial charge in [-0.1, -0.05) is 12.2 Å². The molecule has 64 valence electrons.